The summed E-state index contributed by atoms with van der Waals surface area (Å²) in [5, 5.41) is 5.62. The fraction of sp³-hybridized carbons (Fsp3) is 0.435. The minimum absolute atomic E-state index is 0.0824. The first-order valence-corrected chi connectivity index (χ1v) is 11.4. The number of ether oxygens (including phenoxy) is 3. The van der Waals surface area contributed by atoms with E-state index in [0.717, 1.165) is 35.9 Å². The fourth-order valence-corrected chi connectivity index (χ4v) is 5.09. The predicted molar refractivity (Wildman–Crippen MR) is 122 cm³/mol. The quantitative estimate of drug-likeness (QED) is 0.629. The van der Waals surface area contributed by atoms with Crippen LogP contribution in [-0.4, -0.2) is 55.4 Å². The van der Waals surface area contributed by atoms with Crippen LogP contribution in [0.5, 0.6) is 5.75 Å². The first kappa shape index (κ1) is 22.4. The van der Waals surface area contributed by atoms with Gasteiger partial charge in [0.05, 0.1) is 44.1 Å². The fourth-order valence-electron chi connectivity index (χ4n) is 4.13. The van der Waals surface area contributed by atoms with Gasteiger partial charge in [-0.3, -0.25) is 4.79 Å². The third-order valence-corrected chi connectivity index (χ3v) is 6.60. The van der Waals surface area contributed by atoms with Crippen molar-refractivity contribution < 1.29 is 23.8 Å². The Bertz CT molecular complexity index is 997. The number of aliphatic imine (C=N–C) groups is 1. The van der Waals surface area contributed by atoms with E-state index in [0.29, 0.717) is 23.6 Å². The van der Waals surface area contributed by atoms with E-state index < -0.39 is 12.0 Å². The van der Waals surface area contributed by atoms with Crippen LogP contribution >= 0.6 is 11.8 Å². The lowest BCUT2D eigenvalue weighted by atomic mass is 9.93. The molecule has 3 aliphatic heterocycles. The van der Waals surface area contributed by atoms with Gasteiger partial charge in [-0.25, -0.2) is 9.79 Å². The van der Waals surface area contributed by atoms with E-state index in [2.05, 4.69) is 10.3 Å². The first-order valence-electron chi connectivity index (χ1n) is 10.6. The van der Waals surface area contributed by atoms with Crippen LogP contribution in [0.15, 0.2) is 51.6 Å². The Morgan fingerprint density at radius 1 is 1.34 bits per heavy atom. The normalized spacial score (nSPS) is 22.3. The zero-order valence-corrected chi connectivity index (χ0v) is 19.2. The van der Waals surface area contributed by atoms with Gasteiger partial charge < -0.3 is 24.4 Å². The Labute approximate surface area is 191 Å². The molecule has 0 aromatic heterocycles. The van der Waals surface area contributed by atoms with Gasteiger partial charge >= 0.3 is 5.97 Å². The maximum atomic E-state index is 12.8. The van der Waals surface area contributed by atoms with Crippen LogP contribution in [0, 0.1) is 0 Å². The summed E-state index contributed by atoms with van der Waals surface area (Å²) in [5.74, 6) is 0.140. The van der Waals surface area contributed by atoms with Crippen molar-refractivity contribution >= 4 is 28.8 Å². The van der Waals surface area contributed by atoms with Gasteiger partial charge in [0.2, 0.25) is 5.91 Å². The number of hydrogen-bond acceptors (Lipinski definition) is 8. The highest BCUT2D eigenvalue weighted by molar-refractivity contribution is 8.16. The van der Waals surface area contributed by atoms with Gasteiger partial charge in [-0.05, 0) is 42.9 Å². The predicted octanol–water partition coefficient (Wildman–Crippen LogP) is 3.13. The number of esters is 1. The molecule has 3 heterocycles. The van der Waals surface area contributed by atoms with Crippen molar-refractivity contribution in [2.45, 2.75) is 38.3 Å². The molecule has 0 spiro atoms. The molecule has 9 heteroatoms. The molecular weight excluding hydrogens is 430 g/mol. The highest BCUT2D eigenvalue weighted by Crippen LogP contribution is 2.45. The molecule has 0 bridgehead atoms. The number of allylic oxidation sites excluding steroid dienone is 1. The van der Waals surface area contributed by atoms with Gasteiger partial charge in [-0.1, -0.05) is 23.9 Å². The van der Waals surface area contributed by atoms with Crippen molar-refractivity contribution in [2.24, 2.45) is 4.99 Å². The molecule has 2 atom stereocenters. The average Bonchev–Trinajstić information content (AvgIpc) is 3.46. The number of benzene rings is 1. The van der Waals surface area contributed by atoms with Crippen LogP contribution in [0.4, 0.5) is 0 Å². The lowest BCUT2D eigenvalue weighted by Gasteiger charge is -2.36. The molecule has 4 rings (SSSR count). The molecule has 1 fully saturated rings. The molecule has 1 N–H and O–H groups in total. The summed E-state index contributed by atoms with van der Waals surface area (Å²) in [7, 11) is 2.96. The number of amides is 1. The second-order valence-corrected chi connectivity index (χ2v) is 8.61. The number of fused-ring (bicyclic) bond motifs is 1. The Morgan fingerprint density at radius 2 is 2.19 bits per heavy atom. The summed E-state index contributed by atoms with van der Waals surface area (Å²) in [6.07, 6.45) is 2.25. The Morgan fingerprint density at radius 3 is 2.91 bits per heavy atom. The van der Waals surface area contributed by atoms with Crippen molar-refractivity contribution in [3.63, 3.8) is 0 Å². The van der Waals surface area contributed by atoms with Crippen LogP contribution < -0.4 is 10.1 Å². The molecule has 0 radical (unpaired) electrons. The van der Waals surface area contributed by atoms with Gasteiger partial charge in [0, 0.05) is 18.8 Å². The first-order chi connectivity index (χ1) is 15.5. The van der Waals surface area contributed by atoms with E-state index in [1.807, 2.05) is 34.6 Å². The molecule has 1 saturated heterocycles. The topological polar surface area (TPSA) is 89.5 Å². The molecule has 1 aromatic carbocycles. The number of methoxy groups -OCH3 is 2. The number of nitrogens with zero attached hydrogens (tertiary/aromatic N) is 2. The number of nitrogens with one attached hydrogen (secondary N) is 1. The van der Waals surface area contributed by atoms with Crippen molar-refractivity contribution in [1.82, 2.24) is 10.2 Å². The molecule has 3 aliphatic rings. The maximum Gasteiger partial charge on any atom is 0.338 e. The zero-order chi connectivity index (χ0) is 22.7. The zero-order valence-electron chi connectivity index (χ0n) is 18.4. The SMILES string of the molecule is COC(=O)C1=C(C)N=C2SC=C(CC(=O)NC[C@H]3CCCO3)N2[C@H]1c1cccc(OC)c1. The molecule has 0 aliphatic carbocycles. The van der Waals surface area contributed by atoms with E-state index >= 15 is 0 Å². The Balaban J connectivity index is 1.61. The minimum atomic E-state index is -0.475. The summed E-state index contributed by atoms with van der Waals surface area (Å²) >= 11 is 1.44. The lowest BCUT2D eigenvalue weighted by Crippen LogP contribution is -2.38. The monoisotopic (exact) mass is 457 g/mol. The number of carbonyl (C=O) groups is 2. The smallest absolute Gasteiger partial charge is 0.338 e. The van der Waals surface area contributed by atoms with Crippen molar-refractivity contribution in [3.8, 4) is 5.75 Å². The molecule has 1 amide bonds. The molecule has 8 nitrogen and oxygen atoms in total. The Hall–Kier alpha value is -2.78. The highest BCUT2D eigenvalue weighted by Gasteiger charge is 2.41. The highest BCUT2D eigenvalue weighted by atomic mass is 32.2. The summed E-state index contributed by atoms with van der Waals surface area (Å²) in [4.78, 5) is 32.0. The largest absolute Gasteiger partial charge is 0.497 e. The Kier molecular flexibility index (Phi) is 6.86. The van der Waals surface area contributed by atoms with Crippen LogP contribution in [0.2, 0.25) is 0 Å². The summed E-state index contributed by atoms with van der Waals surface area (Å²) < 4.78 is 16.1. The molecule has 0 saturated carbocycles. The molecule has 1 aromatic rings. The third kappa shape index (κ3) is 4.54. The van der Waals surface area contributed by atoms with E-state index in [1.54, 1.807) is 14.0 Å². The maximum absolute atomic E-state index is 12.8. The van der Waals surface area contributed by atoms with Gasteiger partial charge in [0.1, 0.15) is 5.75 Å². The van der Waals surface area contributed by atoms with Crippen LogP contribution in [0.1, 0.15) is 37.8 Å². The number of carbonyl (C=O) groups excluding carboxylic acids is 2. The van der Waals surface area contributed by atoms with Crippen LogP contribution in [0.3, 0.4) is 0 Å². The summed E-state index contributed by atoms with van der Waals surface area (Å²) in [6.45, 7) is 3.06. The second-order valence-electron chi connectivity index (χ2n) is 7.78. The van der Waals surface area contributed by atoms with Crippen molar-refractivity contribution in [3.05, 3.63) is 52.2 Å². The van der Waals surface area contributed by atoms with E-state index in [9.17, 15) is 9.59 Å². The number of hydrogen-bond donors (Lipinski definition) is 1. The third-order valence-electron chi connectivity index (χ3n) is 5.71. The van der Waals surface area contributed by atoms with Crippen LogP contribution in [-0.2, 0) is 19.1 Å². The summed E-state index contributed by atoms with van der Waals surface area (Å²) in [6, 6.07) is 7.08. The molecular formula is C23H27N3O5S. The van der Waals surface area contributed by atoms with Gasteiger partial charge in [-0.2, -0.15) is 0 Å². The summed E-state index contributed by atoms with van der Waals surface area (Å²) in [5.41, 5.74) is 2.67. The van der Waals surface area contributed by atoms with Crippen molar-refractivity contribution in [2.75, 3.05) is 27.4 Å². The second kappa shape index (κ2) is 9.79. The van der Waals surface area contributed by atoms with Crippen LogP contribution in [0.25, 0.3) is 0 Å². The van der Waals surface area contributed by atoms with Gasteiger partial charge in [-0.15, -0.1) is 0 Å². The molecule has 170 valence electrons. The lowest BCUT2D eigenvalue weighted by molar-refractivity contribution is -0.136. The number of amidine groups is 1. The minimum Gasteiger partial charge on any atom is -0.497 e. The van der Waals surface area contributed by atoms with Gasteiger partial charge in [0.25, 0.3) is 0 Å². The standard InChI is InChI=1S/C23H27N3O5S/c1-14-20(22(28)30-3)21(15-6-4-7-17(10-15)29-2)26-16(13-32-23(26)25-14)11-19(27)24-12-18-8-5-9-31-18/h4,6-7,10,13,18,21H,5,8-9,11-12H2,1-3H3,(H,24,27)/t18-,21+/m1/s1. The van der Waals surface area contributed by atoms with Crippen molar-refractivity contribution in [1.29, 1.82) is 0 Å². The number of thioether (sulfide) groups is 1. The van der Waals surface area contributed by atoms with E-state index in [4.69, 9.17) is 14.2 Å². The van der Waals surface area contributed by atoms with Gasteiger partial charge in [0.15, 0.2) is 5.17 Å². The number of rotatable bonds is 7. The average molecular weight is 458 g/mol. The molecule has 32 heavy (non-hydrogen) atoms. The molecule has 0 unspecified atom stereocenters. The van der Waals surface area contributed by atoms with E-state index in [-0.39, 0.29) is 18.4 Å². The van der Waals surface area contributed by atoms with E-state index in [1.165, 1.54) is 18.9 Å².